The molecule has 0 bridgehead atoms. The first-order valence-electron chi connectivity index (χ1n) is 6.81. The second kappa shape index (κ2) is 6.91. The van der Waals surface area contributed by atoms with Gasteiger partial charge in [-0.2, -0.15) is 0 Å². The smallest absolute Gasteiger partial charge is 0.238 e. The molecule has 112 valence electrons. The summed E-state index contributed by atoms with van der Waals surface area (Å²) in [5.41, 5.74) is 1.88. The molecule has 4 nitrogen and oxygen atoms in total. The molecule has 1 aromatic heterocycles. The van der Waals surface area contributed by atoms with Crippen LogP contribution in [0.5, 0.6) is 0 Å². The number of nitrogens with one attached hydrogen (secondary N) is 2. The summed E-state index contributed by atoms with van der Waals surface area (Å²) >= 11 is 3.44. The van der Waals surface area contributed by atoms with Crippen LogP contribution < -0.4 is 10.6 Å². The van der Waals surface area contributed by atoms with Crippen LogP contribution in [0.25, 0.3) is 0 Å². The molecule has 1 amide bonds. The Morgan fingerprint density at radius 2 is 2.05 bits per heavy atom. The lowest BCUT2D eigenvalue weighted by atomic mass is 10.2. The molecule has 0 spiro atoms. The Bertz CT molecular complexity index is 637. The van der Waals surface area contributed by atoms with Crippen molar-refractivity contribution in [2.24, 2.45) is 0 Å². The molecular formula is C16H19BrN2O2. The number of aryl methyl sites for hydroxylation is 2. The van der Waals surface area contributed by atoms with Crippen molar-refractivity contribution in [3.63, 3.8) is 0 Å². The predicted octanol–water partition coefficient (Wildman–Crippen LogP) is 3.95. The minimum Gasteiger partial charge on any atom is -0.465 e. The molecule has 0 saturated heterocycles. The Morgan fingerprint density at radius 3 is 2.67 bits per heavy atom. The number of amides is 1. The highest BCUT2D eigenvalue weighted by Crippen LogP contribution is 2.20. The molecule has 5 heteroatoms. The monoisotopic (exact) mass is 350 g/mol. The molecule has 0 aliphatic rings. The van der Waals surface area contributed by atoms with E-state index in [1.165, 1.54) is 0 Å². The summed E-state index contributed by atoms with van der Waals surface area (Å²) in [6.45, 7) is 6.09. The number of hydrogen-bond acceptors (Lipinski definition) is 3. The Kier molecular flexibility index (Phi) is 5.20. The lowest BCUT2D eigenvalue weighted by Gasteiger charge is -2.12. The molecule has 21 heavy (non-hydrogen) atoms. The van der Waals surface area contributed by atoms with Gasteiger partial charge >= 0.3 is 0 Å². The second-order valence-corrected chi connectivity index (χ2v) is 5.92. The summed E-state index contributed by atoms with van der Waals surface area (Å²) in [6.07, 6.45) is 0. The maximum Gasteiger partial charge on any atom is 0.238 e. The molecule has 1 atom stereocenters. The molecular weight excluding hydrogens is 332 g/mol. The van der Waals surface area contributed by atoms with Crippen LogP contribution in [0.15, 0.2) is 39.2 Å². The predicted molar refractivity (Wildman–Crippen MR) is 87.4 cm³/mol. The highest BCUT2D eigenvalue weighted by molar-refractivity contribution is 9.10. The molecule has 0 aliphatic heterocycles. The number of rotatable bonds is 5. The first-order valence-corrected chi connectivity index (χ1v) is 7.60. The van der Waals surface area contributed by atoms with Gasteiger partial charge in [-0.15, -0.1) is 0 Å². The second-order valence-electron chi connectivity index (χ2n) is 5.06. The lowest BCUT2D eigenvalue weighted by Crippen LogP contribution is -2.30. The Labute approximate surface area is 133 Å². The molecule has 0 fully saturated rings. The minimum atomic E-state index is -0.0770. The van der Waals surface area contributed by atoms with E-state index >= 15 is 0 Å². The number of carbonyl (C=O) groups excluding carboxylic acids is 1. The molecule has 1 heterocycles. The topological polar surface area (TPSA) is 54.3 Å². The first-order chi connectivity index (χ1) is 9.95. The summed E-state index contributed by atoms with van der Waals surface area (Å²) in [5, 5.41) is 6.01. The standard InChI is InChI=1S/C16H19BrN2O2/c1-10-8-13(5-6-14(10)17)19-16(20)9-18-12(3)15-7-4-11(2)21-15/h4-8,12,18H,9H2,1-3H3,(H,19,20). The number of halogens is 1. The van der Waals surface area contributed by atoms with Crippen molar-refractivity contribution in [1.29, 1.82) is 0 Å². The van der Waals surface area contributed by atoms with Crippen LogP contribution in [0, 0.1) is 13.8 Å². The summed E-state index contributed by atoms with van der Waals surface area (Å²) in [7, 11) is 0. The van der Waals surface area contributed by atoms with Crippen molar-refractivity contribution in [2.75, 3.05) is 11.9 Å². The van der Waals surface area contributed by atoms with E-state index in [0.717, 1.165) is 27.2 Å². The largest absolute Gasteiger partial charge is 0.465 e. The molecule has 1 unspecified atom stereocenters. The van der Waals surface area contributed by atoms with Gasteiger partial charge in [0.1, 0.15) is 11.5 Å². The van der Waals surface area contributed by atoms with E-state index in [1.54, 1.807) is 0 Å². The molecule has 2 N–H and O–H groups in total. The number of anilines is 1. The number of furan rings is 1. The van der Waals surface area contributed by atoms with Gasteiger partial charge in [0.15, 0.2) is 0 Å². The van der Waals surface area contributed by atoms with Gasteiger partial charge in [0, 0.05) is 10.2 Å². The highest BCUT2D eigenvalue weighted by Gasteiger charge is 2.11. The van der Waals surface area contributed by atoms with E-state index in [2.05, 4.69) is 26.6 Å². The van der Waals surface area contributed by atoms with Gasteiger partial charge < -0.3 is 9.73 Å². The minimum absolute atomic E-state index is 0.00361. The maximum absolute atomic E-state index is 11.9. The quantitative estimate of drug-likeness (QED) is 0.858. The zero-order chi connectivity index (χ0) is 15.4. The van der Waals surface area contributed by atoms with Crippen molar-refractivity contribution in [3.05, 3.63) is 51.9 Å². The molecule has 2 aromatic rings. The Morgan fingerprint density at radius 1 is 1.29 bits per heavy atom. The van der Waals surface area contributed by atoms with E-state index in [0.29, 0.717) is 0 Å². The third kappa shape index (κ3) is 4.44. The molecule has 0 aliphatic carbocycles. The van der Waals surface area contributed by atoms with Crippen LogP contribution in [0.4, 0.5) is 5.69 Å². The summed E-state index contributed by atoms with van der Waals surface area (Å²) in [5.74, 6) is 1.63. The van der Waals surface area contributed by atoms with E-state index in [4.69, 9.17) is 4.42 Å². The third-order valence-electron chi connectivity index (χ3n) is 3.20. The summed E-state index contributed by atoms with van der Waals surface area (Å²) < 4.78 is 6.55. The van der Waals surface area contributed by atoms with Gasteiger partial charge in [0.25, 0.3) is 0 Å². The fraction of sp³-hybridized carbons (Fsp3) is 0.312. The third-order valence-corrected chi connectivity index (χ3v) is 4.09. The van der Waals surface area contributed by atoms with Crippen molar-refractivity contribution >= 4 is 27.5 Å². The zero-order valence-electron chi connectivity index (χ0n) is 12.4. The van der Waals surface area contributed by atoms with Gasteiger partial charge in [0.2, 0.25) is 5.91 Å². The molecule has 0 saturated carbocycles. The van der Waals surface area contributed by atoms with Gasteiger partial charge in [0.05, 0.1) is 12.6 Å². The summed E-state index contributed by atoms with van der Waals surface area (Å²) in [6, 6.07) is 9.56. The van der Waals surface area contributed by atoms with E-state index in [9.17, 15) is 4.79 Å². The van der Waals surface area contributed by atoms with Crippen LogP contribution in [0.1, 0.15) is 30.0 Å². The van der Waals surface area contributed by atoms with Crippen molar-refractivity contribution in [1.82, 2.24) is 5.32 Å². The zero-order valence-corrected chi connectivity index (χ0v) is 14.0. The molecule has 1 aromatic carbocycles. The molecule has 0 radical (unpaired) electrons. The lowest BCUT2D eigenvalue weighted by molar-refractivity contribution is -0.115. The van der Waals surface area contributed by atoms with Crippen LogP contribution in [0.3, 0.4) is 0 Å². The fourth-order valence-corrected chi connectivity index (χ4v) is 2.21. The van der Waals surface area contributed by atoms with Gasteiger partial charge in [-0.25, -0.2) is 0 Å². The number of hydrogen-bond donors (Lipinski definition) is 2. The maximum atomic E-state index is 11.9. The Hall–Kier alpha value is -1.59. The van der Waals surface area contributed by atoms with Gasteiger partial charge in [-0.3, -0.25) is 10.1 Å². The molecule has 2 rings (SSSR count). The first kappa shape index (κ1) is 15.8. The van der Waals surface area contributed by atoms with Crippen LogP contribution in [-0.4, -0.2) is 12.5 Å². The number of benzene rings is 1. The van der Waals surface area contributed by atoms with E-state index < -0.39 is 0 Å². The van der Waals surface area contributed by atoms with Crippen molar-refractivity contribution in [2.45, 2.75) is 26.8 Å². The van der Waals surface area contributed by atoms with Crippen LogP contribution in [-0.2, 0) is 4.79 Å². The van der Waals surface area contributed by atoms with Crippen molar-refractivity contribution < 1.29 is 9.21 Å². The fourth-order valence-electron chi connectivity index (χ4n) is 1.96. The SMILES string of the molecule is Cc1ccc(C(C)NCC(=O)Nc2ccc(Br)c(C)c2)o1. The summed E-state index contributed by atoms with van der Waals surface area (Å²) in [4.78, 5) is 11.9. The average molecular weight is 351 g/mol. The van der Waals surface area contributed by atoms with Gasteiger partial charge in [-0.05, 0) is 56.7 Å². The average Bonchev–Trinajstić information content (AvgIpc) is 2.87. The van der Waals surface area contributed by atoms with Crippen LogP contribution in [0.2, 0.25) is 0 Å². The normalized spacial score (nSPS) is 12.2. The Balaban J connectivity index is 1.85. The number of carbonyl (C=O) groups is 1. The van der Waals surface area contributed by atoms with E-state index in [-0.39, 0.29) is 18.5 Å². The highest BCUT2D eigenvalue weighted by atomic mass is 79.9. The van der Waals surface area contributed by atoms with Gasteiger partial charge in [-0.1, -0.05) is 15.9 Å². The van der Waals surface area contributed by atoms with Crippen LogP contribution >= 0.6 is 15.9 Å². The van der Waals surface area contributed by atoms with E-state index in [1.807, 2.05) is 51.1 Å². The van der Waals surface area contributed by atoms with Crippen molar-refractivity contribution in [3.8, 4) is 0 Å².